The SMILES string of the molecule is CSCCCC/C(Cl)=N/O. The molecule has 0 aromatic rings. The van der Waals surface area contributed by atoms with Gasteiger partial charge in [-0.3, -0.25) is 0 Å². The number of thioether (sulfide) groups is 1. The molecule has 0 aliphatic heterocycles. The summed E-state index contributed by atoms with van der Waals surface area (Å²) in [5.41, 5.74) is 0. The van der Waals surface area contributed by atoms with Crippen LogP contribution in [-0.4, -0.2) is 22.4 Å². The van der Waals surface area contributed by atoms with Crippen LogP contribution in [0.4, 0.5) is 0 Å². The van der Waals surface area contributed by atoms with Crippen molar-refractivity contribution >= 4 is 28.5 Å². The van der Waals surface area contributed by atoms with Crippen LogP contribution in [0.2, 0.25) is 0 Å². The lowest BCUT2D eigenvalue weighted by Gasteiger charge is -1.94. The van der Waals surface area contributed by atoms with E-state index in [9.17, 15) is 0 Å². The van der Waals surface area contributed by atoms with Crippen LogP contribution in [0.3, 0.4) is 0 Å². The van der Waals surface area contributed by atoms with Crippen LogP contribution in [0.1, 0.15) is 19.3 Å². The Morgan fingerprint density at radius 3 is 2.80 bits per heavy atom. The van der Waals surface area contributed by atoms with Crippen LogP contribution < -0.4 is 0 Å². The molecule has 0 fully saturated rings. The van der Waals surface area contributed by atoms with Gasteiger partial charge in [0.1, 0.15) is 5.17 Å². The molecule has 0 aromatic heterocycles. The van der Waals surface area contributed by atoms with Gasteiger partial charge in [-0.25, -0.2) is 0 Å². The summed E-state index contributed by atoms with van der Waals surface area (Å²) in [5.74, 6) is 1.15. The van der Waals surface area contributed by atoms with Crippen molar-refractivity contribution in [2.45, 2.75) is 19.3 Å². The van der Waals surface area contributed by atoms with E-state index in [0.717, 1.165) is 18.6 Å². The minimum atomic E-state index is 0.307. The lowest BCUT2D eigenvalue weighted by molar-refractivity contribution is 0.319. The van der Waals surface area contributed by atoms with Gasteiger partial charge >= 0.3 is 0 Å². The third-order valence-electron chi connectivity index (χ3n) is 1.09. The molecule has 1 N–H and O–H groups in total. The molecule has 2 nitrogen and oxygen atoms in total. The highest BCUT2D eigenvalue weighted by Crippen LogP contribution is 2.04. The van der Waals surface area contributed by atoms with Crippen molar-refractivity contribution in [1.82, 2.24) is 0 Å². The van der Waals surface area contributed by atoms with E-state index in [-0.39, 0.29) is 0 Å². The van der Waals surface area contributed by atoms with Crippen molar-refractivity contribution in [2.75, 3.05) is 12.0 Å². The molecule has 60 valence electrons. The molecule has 0 bridgehead atoms. The van der Waals surface area contributed by atoms with Gasteiger partial charge in [0.15, 0.2) is 0 Å². The number of unbranched alkanes of at least 4 members (excludes halogenated alkanes) is 1. The van der Waals surface area contributed by atoms with E-state index in [4.69, 9.17) is 16.8 Å². The standard InChI is InChI=1S/C6H12ClNOS/c1-10-5-3-2-4-6(7)8-9/h9H,2-5H2,1H3/b8-6-. The fraction of sp³-hybridized carbons (Fsp3) is 0.833. The Kier molecular flexibility index (Phi) is 7.30. The number of halogens is 1. The summed E-state index contributed by atoms with van der Waals surface area (Å²) in [6.45, 7) is 0. The van der Waals surface area contributed by atoms with Gasteiger partial charge in [-0.15, -0.1) is 0 Å². The smallest absolute Gasteiger partial charge is 0.145 e. The maximum atomic E-state index is 8.14. The van der Waals surface area contributed by atoms with Crippen LogP contribution in [0.15, 0.2) is 5.16 Å². The molecule has 10 heavy (non-hydrogen) atoms. The molecule has 0 saturated carbocycles. The fourth-order valence-corrected chi connectivity index (χ4v) is 1.19. The van der Waals surface area contributed by atoms with E-state index in [1.165, 1.54) is 0 Å². The van der Waals surface area contributed by atoms with Gasteiger partial charge in [0.25, 0.3) is 0 Å². The zero-order chi connectivity index (χ0) is 7.82. The normalized spacial score (nSPS) is 12.0. The zero-order valence-corrected chi connectivity index (χ0v) is 7.58. The highest BCUT2D eigenvalue weighted by atomic mass is 35.5. The summed E-state index contributed by atoms with van der Waals surface area (Å²) in [4.78, 5) is 0. The van der Waals surface area contributed by atoms with Crippen molar-refractivity contribution in [2.24, 2.45) is 5.16 Å². The van der Waals surface area contributed by atoms with Crippen LogP contribution in [-0.2, 0) is 0 Å². The lowest BCUT2D eigenvalue weighted by Crippen LogP contribution is -1.88. The van der Waals surface area contributed by atoms with E-state index < -0.39 is 0 Å². The summed E-state index contributed by atoms with van der Waals surface area (Å²) < 4.78 is 0. The Morgan fingerprint density at radius 1 is 1.60 bits per heavy atom. The second-order valence-corrected chi connectivity index (χ2v) is 3.35. The highest BCUT2D eigenvalue weighted by molar-refractivity contribution is 7.98. The molecule has 4 heteroatoms. The number of oxime groups is 1. The average molecular weight is 182 g/mol. The van der Waals surface area contributed by atoms with E-state index in [2.05, 4.69) is 11.4 Å². The molecular formula is C6H12ClNOS. The second-order valence-electron chi connectivity index (χ2n) is 1.93. The Hall–Kier alpha value is 0.110. The van der Waals surface area contributed by atoms with Gasteiger partial charge in [0.2, 0.25) is 0 Å². The summed E-state index contributed by atoms with van der Waals surface area (Å²) in [6.07, 6.45) is 4.90. The highest BCUT2D eigenvalue weighted by Gasteiger charge is 1.93. The van der Waals surface area contributed by atoms with Crippen molar-refractivity contribution < 1.29 is 5.21 Å². The molecule has 0 heterocycles. The maximum Gasteiger partial charge on any atom is 0.145 e. The zero-order valence-electron chi connectivity index (χ0n) is 6.01. The van der Waals surface area contributed by atoms with E-state index in [0.29, 0.717) is 11.6 Å². The van der Waals surface area contributed by atoms with Crippen molar-refractivity contribution in [3.05, 3.63) is 0 Å². The molecule has 0 unspecified atom stereocenters. The quantitative estimate of drug-likeness (QED) is 0.306. The first-order valence-electron chi connectivity index (χ1n) is 3.16. The minimum Gasteiger partial charge on any atom is -0.410 e. The predicted octanol–water partition coefficient (Wildman–Crippen LogP) is 2.55. The Morgan fingerprint density at radius 2 is 2.30 bits per heavy atom. The second kappa shape index (κ2) is 7.22. The first-order chi connectivity index (χ1) is 4.81. The van der Waals surface area contributed by atoms with Gasteiger partial charge < -0.3 is 5.21 Å². The van der Waals surface area contributed by atoms with Gasteiger partial charge in [0, 0.05) is 6.42 Å². The fourth-order valence-electron chi connectivity index (χ4n) is 0.567. The summed E-state index contributed by atoms with van der Waals surface area (Å²) in [6, 6.07) is 0. The molecule has 0 radical (unpaired) electrons. The molecular weight excluding hydrogens is 170 g/mol. The van der Waals surface area contributed by atoms with Gasteiger partial charge in [-0.05, 0) is 24.9 Å². The Labute approximate surface area is 70.6 Å². The topological polar surface area (TPSA) is 32.6 Å². The first-order valence-corrected chi connectivity index (χ1v) is 4.93. The van der Waals surface area contributed by atoms with E-state index in [1.807, 2.05) is 11.8 Å². The van der Waals surface area contributed by atoms with Crippen molar-refractivity contribution in [3.8, 4) is 0 Å². The monoisotopic (exact) mass is 181 g/mol. The number of hydrogen-bond donors (Lipinski definition) is 1. The first kappa shape index (κ1) is 10.1. The number of nitrogens with zero attached hydrogens (tertiary/aromatic N) is 1. The molecule has 0 amide bonds. The average Bonchev–Trinajstić information content (AvgIpc) is 1.98. The van der Waals surface area contributed by atoms with Crippen LogP contribution in [0.5, 0.6) is 0 Å². The van der Waals surface area contributed by atoms with Gasteiger partial charge in [0.05, 0.1) is 0 Å². The van der Waals surface area contributed by atoms with E-state index >= 15 is 0 Å². The van der Waals surface area contributed by atoms with Gasteiger partial charge in [-0.2, -0.15) is 11.8 Å². The molecule has 0 aromatic carbocycles. The molecule has 0 aliphatic carbocycles. The molecule has 0 rings (SSSR count). The van der Waals surface area contributed by atoms with Crippen molar-refractivity contribution in [3.63, 3.8) is 0 Å². The largest absolute Gasteiger partial charge is 0.410 e. The maximum absolute atomic E-state index is 8.14. The summed E-state index contributed by atoms with van der Waals surface area (Å²) in [5, 5.41) is 11.3. The lowest BCUT2D eigenvalue weighted by atomic mass is 10.3. The van der Waals surface area contributed by atoms with Crippen LogP contribution in [0.25, 0.3) is 0 Å². The molecule has 0 atom stereocenters. The Balaban J connectivity index is 3.04. The van der Waals surface area contributed by atoms with E-state index in [1.54, 1.807) is 0 Å². The molecule has 0 spiro atoms. The molecule has 0 saturated heterocycles. The predicted molar refractivity (Wildman–Crippen MR) is 47.3 cm³/mol. The van der Waals surface area contributed by atoms with Crippen LogP contribution >= 0.6 is 23.4 Å². The third-order valence-corrected chi connectivity index (χ3v) is 2.05. The van der Waals surface area contributed by atoms with Gasteiger partial charge in [-0.1, -0.05) is 16.8 Å². The molecule has 0 aliphatic rings. The summed E-state index contributed by atoms with van der Waals surface area (Å²) in [7, 11) is 0. The summed E-state index contributed by atoms with van der Waals surface area (Å²) >= 11 is 7.25. The number of hydrogen-bond acceptors (Lipinski definition) is 3. The Bertz CT molecular complexity index is 108. The third kappa shape index (κ3) is 6.23. The number of rotatable bonds is 5. The van der Waals surface area contributed by atoms with Crippen molar-refractivity contribution in [1.29, 1.82) is 0 Å². The van der Waals surface area contributed by atoms with Crippen LogP contribution in [0, 0.1) is 0 Å². The minimum absolute atomic E-state index is 0.307.